The molecule has 0 amide bonds. The quantitative estimate of drug-likeness (QED) is 0.704. The van der Waals surface area contributed by atoms with Crippen molar-refractivity contribution in [3.63, 3.8) is 0 Å². The van der Waals surface area contributed by atoms with Gasteiger partial charge in [-0.1, -0.05) is 25.7 Å². The standard InChI is InChI=1S/C10H18N4/c11-7-9-10(13-14-12-9)8-5-3-1-2-4-6-8/h8H,1-7,11H2,(H,12,13,14). The van der Waals surface area contributed by atoms with Crippen LogP contribution in [0.5, 0.6) is 0 Å². The first-order valence-electron chi connectivity index (χ1n) is 5.51. The molecular weight excluding hydrogens is 176 g/mol. The van der Waals surface area contributed by atoms with Gasteiger partial charge in [0.2, 0.25) is 0 Å². The van der Waals surface area contributed by atoms with Gasteiger partial charge in [0.25, 0.3) is 0 Å². The second-order valence-electron chi connectivity index (χ2n) is 4.05. The molecule has 1 aliphatic carbocycles. The van der Waals surface area contributed by atoms with E-state index in [1.807, 2.05) is 0 Å². The summed E-state index contributed by atoms with van der Waals surface area (Å²) in [6.07, 6.45) is 7.88. The fourth-order valence-electron chi connectivity index (χ4n) is 2.29. The Morgan fingerprint density at radius 1 is 1.14 bits per heavy atom. The lowest BCUT2D eigenvalue weighted by molar-refractivity contribution is 0.571. The second kappa shape index (κ2) is 4.55. The van der Waals surface area contributed by atoms with Gasteiger partial charge in [-0.15, -0.1) is 0 Å². The summed E-state index contributed by atoms with van der Waals surface area (Å²) in [5, 5.41) is 11.0. The minimum atomic E-state index is 0.502. The van der Waals surface area contributed by atoms with E-state index in [0.29, 0.717) is 12.5 Å². The van der Waals surface area contributed by atoms with Crippen LogP contribution >= 0.6 is 0 Å². The van der Waals surface area contributed by atoms with Crippen LogP contribution in [0, 0.1) is 0 Å². The number of nitrogens with one attached hydrogen (secondary N) is 1. The molecule has 0 radical (unpaired) electrons. The molecule has 4 heteroatoms. The third-order valence-electron chi connectivity index (χ3n) is 3.09. The van der Waals surface area contributed by atoms with Gasteiger partial charge in [-0.25, -0.2) is 0 Å². The number of hydrogen-bond acceptors (Lipinski definition) is 3. The van der Waals surface area contributed by atoms with E-state index in [1.165, 1.54) is 38.5 Å². The molecule has 1 heterocycles. The molecule has 1 saturated carbocycles. The van der Waals surface area contributed by atoms with Crippen molar-refractivity contribution in [2.75, 3.05) is 0 Å². The maximum atomic E-state index is 5.62. The molecule has 0 saturated heterocycles. The van der Waals surface area contributed by atoms with Crippen LogP contribution in [0.1, 0.15) is 55.8 Å². The molecule has 1 aromatic heterocycles. The van der Waals surface area contributed by atoms with Gasteiger partial charge in [-0.3, -0.25) is 0 Å². The van der Waals surface area contributed by atoms with Crippen molar-refractivity contribution in [2.45, 2.75) is 51.0 Å². The molecule has 0 spiro atoms. The fourth-order valence-corrected chi connectivity index (χ4v) is 2.29. The third-order valence-corrected chi connectivity index (χ3v) is 3.09. The summed E-state index contributed by atoms with van der Waals surface area (Å²) in [6.45, 7) is 0.502. The molecule has 14 heavy (non-hydrogen) atoms. The van der Waals surface area contributed by atoms with Crippen molar-refractivity contribution in [2.24, 2.45) is 5.73 Å². The molecule has 0 aliphatic heterocycles. The average molecular weight is 194 g/mol. The normalized spacial score (nSPS) is 19.5. The zero-order chi connectivity index (χ0) is 9.80. The van der Waals surface area contributed by atoms with E-state index in [1.54, 1.807) is 0 Å². The van der Waals surface area contributed by atoms with Gasteiger partial charge in [0, 0.05) is 12.5 Å². The Morgan fingerprint density at radius 3 is 2.50 bits per heavy atom. The van der Waals surface area contributed by atoms with Gasteiger partial charge < -0.3 is 5.73 Å². The average Bonchev–Trinajstić information content (AvgIpc) is 2.52. The van der Waals surface area contributed by atoms with Crippen molar-refractivity contribution < 1.29 is 0 Å². The molecule has 0 unspecified atom stereocenters. The van der Waals surface area contributed by atoms with Gasteiger partial charge in [0.05, 0.1) is 11.4 Å². The maximum Gasteiger partial charge on any atom is 0.0995 e. The smallest absolute Gasteiger partial charge is 0.0995 e. The Morgan fingerprint density at radius 2 is 1.86 bits per heavy atom. The highest BCUT2D eigenvalue weighted by atomic mass is 15.3. The van der Waals surface area contributed by atoms with Gasteiger partial charge in [-0.05, 0) is 12.8 Å². The van der Waals surface area contributed by atoms with Crippen molar-refractivity contribution in [1.82, 2.24) is 15.4 Å². The highest BCUT2D eigenvalue weighted by molar-refractivity contribution is 5.13. The van der Waals surface area contributed by atoms with Crippen molar-refractivity contribution in [3.8, 4) is 0 Å². The van der Waals surface area contributed by atoms with Crippen LogP contribution in [0.15, 0.2) is 0 Å². The summed E-state index contributed by atoms with van der Waals surface area (Å²) in [5.41, 5.74) is 7.69. The van der Waals surface area contributed by atoms with Crippen molar-refractivity contribution in [3.05, 3.63) is 11.4 Å². The highest BCUT2D eigenvalue weighted by Gasteiger charge is 2.19. The number of nitrogens with two attached hydrogens (primary N) is 1. The Labute approximate surface area is 84.3 Å². The lowest BCUT2D eigenvalue weighted by Crippen LogP contribution is -2.06. The first kappa shape index (κ1) is 9.65. The fraction of sp³-hybridized carbons (Fsp3) is 0.800. The van der Waals surface area contributed by atoms with Gasteiger partial charge >= 0.3 is 0 Å². The summed E-state index contributed by atoms with van der Waals surface area (Å²) in [4.78, 5) is 0. The third kappa shape index (κ3) is 1.95. The summed E-state index contributed by atoms with van der Waals surface area (Å²) in [5.74, 6) is 0.592. The van der Waals surface area contributed by atoms with Crippen LogP contribution in [0.25, 0.3) is 0 Å². The van der Waals surface area contributed by atoms with E-state index in [9.17, 15) is 0 Å². The monoisotopic (exact) mass is 194 g/mol. The summed E-state index contributed by atoms with van der Waals surface area (Å²) >= 11 is 0. The van der Waals surface area contributed by atoms with E-state index >= 15 is 0 Å². The second-order valence-corrected chi connectivity index (χ2v) is 4.05. The number of nitrogens with zero attached hydrogens (tertiary/aromatic N) is 2. The van der Waals surface area contributed by atoms with Gasteiger partial charge in [-0.2, -0.15) is 15.4 Å². The predicted octanol–water partition coefficient (Wildman–Crippen LogP) is 1.70. The number of aromatic amines is 1. The summed E-state index contributed by atoms with van der Waals surface area (Å²) in [7, 11) is 0. The van der Waals surface area contributed by atoms with E-state index < -0.39 is 0 Å². The molecule has 0 aromatic carbocycles. The zero-order valence-electron chi connectivity index (χ0n) is 8.50. The van der Waals surface area contributed by atoms with Crippen LogP contribution in [-0.2, 0) is 6.54 Å². The molecule has 3 N–H and O–H groups in total. The SMILES string of the molecule is NCc1n[nH]nc1C1CCCCCC1. The molecule has 4 nitrogen and oxygen atoms in total. The first-order chi connectivity index (χ1) is 6.92. The summed E-state index contributed by atoms with van der Waals surface area (Å²) in [6, 6.07) is 0. The molecule has 0 bridgehead atoms. The first-order valence-corrected chi connectivity index (χ1v) is 5.51. The van der Waals surface area contributed by atoms with E-state index in [4.69, 9.17) is 5.73 Å². The van der Waals surface area contributed by atoms with Crippen LogP contribution in [0.2, 0.25) is 0 Å². The highest BCUT2D eigenvalue weighted by Crippen LogP contribution is 2.31. The Kier molecular flexibility index (Phi) is 3.14. The molecule has 1 fully saturated rings. The predicted molar refractivity (Wildman–Crippen MR) is 54.7 cm³/mol. The minimum absolute atomic E-state index is 0.502. The van der Waals surface area contributed by atoms with Crippen molar-refractivity contribution >= 4 is 0 Å². The number of H-pyrrole nitrogens is 1. The van der Waals surface area contributed by atoms with Gasteiger partial charge in [0.1, 0.15) is 0 Å². The lowest BCUT2D eigenvalue weighted by Gasteiger charge is -2.11. The molecule has 1 aliphatic rings. The van der Waals surface area contributed by atoms with Crippen LogP contribution < -0.4 is 5.73 Å². The molecule has 78 valence electrons. The largest absolute Gasteiger partial charge is 0.325 e. The Balaban J connectivity index is 2.11. The van der Waals surface area contributed by atoms with E-state index in [2.05, 4.69) is 15.4 Å². The molecule has 2 rings (SSSR count). The number of aromatic nitrogens is 3. The Hall–Kier alpha value is -0.900. The zero-order valence-corrected chi connectivity index (χ0v) is 8.50. The summed E-state index contributed by atoms with van der Waals surface area (Å²) < 4.78 is 0. The molecular formula is C10H18N4. The molecule has 1 aromatic rings. The number of rotatable bonds is 2. The molecule has 0 atom stereocenters. The van der Waals surface area contributed by atoms with E-state index in [-0.39, 0.29) is 0 Å². The number of hydrogen-bond donors (Lipinski definition) is 2. The van der Waals surface area contributed by atoms with Crippen LogP contribution in [-0.4, -0.2) is 15.4 Å². The topological polar surface area (TPSA) is 67.6 Å². The minimum Gasteiger partial charge on any atom is -0.325 e. The van der Waals surface area contributed by atoms with Crippen molar-refractivity contribution in [1.29, 1.82) is 0 Å². The maximum absolute atomic E-state index is 5.62. The van der Waals surface area contributed by atoms with Crippen LogP contribution in [0.3, 0.4) is 0 Å². The Bertz CT molecular complexity index is 273. The van der Waals surface area contributed by atoms with Gasteiger partial charge in [0.15, 0.2) is 0 Å². The lowest BCUT2D eigenvalue weighted by atomic mass is 9.95. The van der Waals surface area contributed by atoms with Crippen LogP contribution in [0.4, 0.5) is 0 Å². The van der Waals surface area contributed by atoms with E-state index in [0.717, 1.165) is 11.4 Å².